The Balaban J connectivity index is 2.91. The Labute approximate surface area is 126 Å². The molecule has 6 heteroatoms. The topological polar surface area (TPSA) is 64.6 Å². The molecule has 0 saturated carbocycles. The summed E-state index contributed by atoms with van der Waals surface area (Å²) in [7, 11) is 1.32. The monoisotopic (exact) mass is 343 g/mol. The van der Waals surface area contributed by atoms with Crippen molar-refractivity contribution in [2.24, 2.45) is 0 Å². The largest absolute Gasteiger partial charge is 0.465 e. The Kier molecular flexibility index (Phi) is 5.56. The van der Waals surface area contributed by atoms with E-state index in [1.807, 2.05) is 0 Å². The summed E-state index contributed by atoms with van der Waals surface area (Å²) in [4.78, 5) is 23.2. The first-order chi connectivity index (χ1) is 9.26. The summed E-state index contributed by atoms with van der Waals surface area (Å²) in [6.07, 6.45) is -0.537. The molecular weight excluding hydrogens is 326 g/mol. The second-order valence-electron chi connectivity index (χ2n) is 5.12. The number of methoxy groups -OCH3 is 1. The van der Waals surface area contributed by atoms with Gasteiger partial charge < -0.3 is 9.47 Å². The van der Waals surface area contributed by atoms with Gasteiger partial charge in [0, 0.05) is 11.0 Å². The van der Waals surface area contributed by atoms with Crippen LogP contribution in [0.3, 0.4) is 0 Å². The van der Waals surface area contributed by atoms with Crippen LogP contribution in [0, 0.1) is 0 Å². The van der Waals surface area contributed by atoms with Crippen molar-refractivity contribution in [3.05, 3.63) is 29.3 Å². The first kappa shape index (κ1) is 16.5. The van der Waals surface area contributed by atoms with Crippen LogP contribution in [0.25, 0.3) is 0 Å². The molecule has 0 aliphatic rings. The Hall–Kier alpha value is -1.56. The second kappa shape index (κ2) is 6.74. The summed E-state index contributed by atoms with van der Waals surface area (Å²) in [5.74, 6) is -0.420. The van der Waals surface area contributed by atoms with Gasteiger partial charge in [-0.2, -0.15) is 0 Å². The molecule has 0 aliphatic carbocycles. The van der Waals surface area contributed by atoms with E-state index in [1.54, 1.807) is 39.0 Å². The van der Waals surface area contributed by atoms with Gasteiger partial charge in [-0.05, 0) is 44.5 Å². The van der Waals surface area contributed by atoms with Gasteiger partial charge in [-0.25, -0.2) is 9.59 Å². The van der Waals surface area contributed by atoms with Gasteiger partial charge in [-0.3, -0.25) is 5.32 Å². The standard InChI is InChI=1S/C14H18BrNO4/c1-14(2,3)20-13(18)16-11-6-5-9(12(17)19-4)7-10(11)8-15/h5-7H,8H2,1-4H3,(H,16,18). The van der Waals surface area contributed by atoms with Crippen molar-refractivity contribution in [2.45, 2.75) is 31.7 Å². The zero-order valence-corrected chi connectivity index (χ0v) is 13.5. The van der Waals surface area contributed by atoms with E-state index in [-0.39, 0.29) is 0 Å². The van der Waals surface area contributed by atoms with Crippen molar-refractivity contribution < 1.29 is 19.1 Å². The van der Waals surface area contributed by atoms with E-state index in [0.717, 1.165) is 5.56 Å². The molecule has 0 saturated heterocycles. The third-order valence-electron chi connectivity index (χ3n) is 2.31. The minimum Gasteiger partial charge on any atom is -0.465 e. The average Bonchev–Trinajstić information content (AvgIpc) is 2.36. The number of halogens is 1. The van der Waals surface area contributed by atoms with Crippen LogP contribution in [-0.4, -0.2) is 24.8 Å². The number of nitrogens with one attached hydrogen (secondary N) is 1. The number of ether oxygens (including phenoxy) is 2. The number of hydrogen-bond donors (Lipinski definition) is 1. The molecule has 1 rings (SSSR count). The van der Waals surface area contributed by atoms with E-state index < -0.39 is 17.7 Å². The molecular formula is C14H18BrNO4. The van der Waals surface area contributed by atoms with E-state index >= 15 is 0 Å². The molecule has 5 nitrogen and oxygen atoms in total. The van der Waals surface area contributed by atoms with Crippen LogP contribution < -0.4 is 5.32 Å². The lowest BCUT2D eigenvalue weighted by atomic mass is 10.1. The molecule has 0 aromatic heterocycles. The fourth-order valence-electron chi connectivity index (χ4n) is 1.48. The highest BCUT2D eigenvalue weighted by atomic mass is 79.9. The van der Waals surface area contributed by atoms with Gasteiger partial charge >= 0.3 is 12.1 Å². The lowest BCUT2D eigenvalue weighted by Gasteiger charge is -2.20. The van der Waals surface area contributed by atoms with Gasteiger partial charge in [0.15, 0.2) is 0 Å². The molecule has 0 spiro atoms. The highest BCUT2D eigenvalue weighted by Gasteiger charge is 2.17. The average molecular weight is 344 g/mol. The molecule has 110 valence electrons. The highest BCUT2D eigenvalue weighted by Crippen LogP contribution is 2.22. The van der Waals surface area contributed by atoms with E-state index in [1.165, 1.54) is 7.11 Å². The third kappa shape index (κ3) is 4.85. The van der Waals surface area contributed by atoms with Crippen LogP contribution in [-0.2, 0) is 14.8 Å². The normalized spacial score (nSPS) is 10.8. The molecule has 0 heterocycles. The van der Waals surface area contributed by atoms with Gasteiger partial charge in [0.05, 0.1) is 12.7 Å². The van der Waals surface area contributed by atoms with E-state index in [4.69, 9.17) is 4.74 Å². The molecule has 1 N–H and O–H groups in total. The van der Waals surface area contributed by atoms with Gasteiger partial charge in [-0.15, -0.1) is 0 Å². The van der Waals surface area contributed by atoms with Crippen LogP contribution in [0.4, 0.5) is 10.5 Å². The van der Waals surface area contributed by atoms with Gasteiger partial charge in [0.25, 0.3) is 0 Å². The quantitative estimate of drug-likeness (QED) is 0.671. The maximum Gasteiger partial charge on any atom is 0.412 e. The fourth-order valence-corrected chi connectivity index (χ4v) is 1.95. The number of rotatable bonds is 3. The number of carbonyl (C=O) groups excluding carboxylic acids is 2. The molecule has 1 amide bonds. The lowest BCUT2D eigenvalue weighted by Crippen LogP contribution is -2.27. The molecule has 0 atom stereocenters. The molecule has 0 fully saturated rings. The molecule has 0 aliphatic heterocycles. The minimum absolute atomic E-state index is 0.420. The fraction of sp³-hybridized carbons (Fsp3) is 0.429. The van der Waals surface area contributed by atoms with Crippen LogP contribution in [0.2, 0.25) is 0 Å². The van der Waals surface area contributed by atoms with Crippen LogP contribution in [0.5, 0.6) is 0 Å². The predicted molar refractivity (Wildman–Crippen MR) is 80.3 cm³/mol. The lowest BCUT2D eigenvalue weighted by molar-refractivity contribution is 0.0599. The third-order valence-corrected chi connectivity index (χ3v) is 2.91. The zero-order valence-electron chi connectivity index (χ0n) is 12.0. The smallest absolute Gasteiger partial charge is 0.412 e. The van der Waals surface area contributed by atoms with Crippen LogP contribution in [0.15, 0.2) is 18.2 Å². The molecule has 1 aromatic carbocycles. The Morgan fingerprint density at radius 3 is 2.45 bits per heavy atom. The number of hydrogen-bond acceptors (Lipinski definition) is 4. The van der Waals surface area contributed by atoms with Gasteiger partial charge in [-0.1, -0.05) is 15.9 Å². The van der Waals surface area contributed by atoms with Crippen molar-refractivity contribution in [2.75, 3.05) is 12.4 Å². The van der Waals surface area contributed by atoms with Crippen molar-refractivity contribution >= 4 is 33.7 Å². The van der Waals surface area contributed by atoms with Crippen LogP contribution in [0.1, 0.15) is 36.7 Å². The molecule has 0 radical (unpaired) electrons. The maximum atomic E-state index is 11.7. The number of esters is 1. The first-order valence-electron chi connectivity index (χ1n) is 6.04. The number of benzene rings is 1. The number of amides is 1. The zero-order chi connectivity index (χ0) is 15.3. The summed E-state index contributed by atoms with van der Waals surface area (Å²) in [5.41, 5.74) is 1.21. The summed E-state index contributed by atoms with van der Waals surface area (Å²) in [6.45, 7) is 5.37. The van der Waals surface area contributed by atoms with E-state index in [9.17, 15) is 9.59 Å². The SMILES string of the molecule is COC(=O)c1ccc(NC(=O)OC(C)(C)C)c(CBr)c1. The highest BCUT2D eigenvalue weighted by molar-refractivity contribution is 9.08. The number of carbonyl (C=O) groups is 2. The summed E-state index contributed by atoms with van der Waals surface area (Å²) >= 11 is 3.32. The van der Waals surface area contributed by atoms with Gasteiger partial charge in [0.2, 0.25) is 0 Å². The van der Waals surface area contributed by atoms with E-state index in [0.29, 0.717) is 16.6 Å². The Morgan fingerprint density at radius 2 is 1.95 bits per heavy atom. The summed E-state index contributed by atoms with van der Waals surface area (Å²) < 4.78 is 9.84. The van der Waals surface area contributed by atoms with Crippen LogP contribution >= 0.6 is 15.9 Å². The van der Waals surface area contributed by atoms with Crippen molar-refractivity contribution in [1.29, 1.82) is 0 Å². The second-order valence-corrected chi connectivity index (χ2v) is 5.68. The summed E-state index contributed by atoms with van der Waals surface area (Å²) in [6, 6.07) is 4.89. The first-order valence-corrected chi connectivity index (χ1v) is 7.16. The van der Waals surface area contributed by atoms with Gasteiger partial charge in [0.1, 0.15) is 5.60 Å². The summed E-state index contributed by atoms with van der Waals surface area (Å²) in [5, 5.41) is 3.15. The van der Waals surface area contributed by atoms with Crippen molar-refractivity contribution in [3.8, 4) is 0 Å². The maximum absolute atomic E-state index is 11.7. The molecule has 20 heavy (non-hydrogen) atoms. The number of alkyl halides is 1. The van der Waals surface area contributed by atoms with E-state index in [2.05, 4.69) is 26.0 Å². The minimum atomic E-state index is -0.565. The predicted octanol–water partition coefficient (Wildman–Crippen LogP) is 3.72. The van der Waals surface area contributed by atoms with Crippen molar-refractivity contribution in [1.82, 2.24) is 0 Å². The molecule has 0 bridgehead atoms. The Bertz CT molecular complexity index is 508. The van der Waals surface area contributed by atoms with Crippen molar-refractivity contribution in [3.63, 3.8) is 0 Å². The Morgan fingerprint density at radius 1 is 1.30 bits per heavy atom. The number of anilines is 1. The molecule has 1 aromatic rings. The molecule has 0 unspecified atom stereocenters.